The summed E-state index contributed by atoms with van der Waals surface area (Å²) in [5.41, 5.74) is 14.7. The molecule has 0 spiro atoms. The number of nitrogen functional groups attached to an aromatic ring is 1. The zero-order chi connectivity index (χ0) is 29.3. The van der Waals surface area contributed by atoms with Gasteiger partial charge in [-0.25, -0.2) is 4.98 Å². The number of anilines is 1. The van der Waals surface area contributed by atoms with Crippen molar-refractivity contribution < 1.29 is 32.5 Å². The third-order valence-electron chi connectivity index (χ3n) is 6.54. The van der Waals surface area contributed by atoms with Crippen molar-refractivity contribution in [3.8, 4) is 17.0 Å². The molecule has 0 saturated heterocycles. The highest BCUT2D eigenvalue weighted by Gasteiger charge is 2.45. The van der Waals surface area contributed by atoms with Crippen LogP contribution in [0.5, 0.6) is 5.88 Å². The van der Waals surface area contributed by atoms with E-state index in [1.165, 1.54) is 24.5 Å². The number of carbonyl (C=O) groups is 1. The molecule has 2 atom stereocenters. The van der Waals surface area contributed by atoms with Gasteiger partial charge in [-0.3, -0.25) is 4.79 Å². The van der Waals surface area contributed by atoms with E-state index in [1.807, 2.05) is 0 Å². The first-order valence-electron chi connectivity index (χ1n) is 12.5. The number of thiophene rings is 1. The van der Waals surface area contributed by atoms with E-state index in [1.54, 1.807) is 29.6 Å². The van der Waals surface area contributed by atoms with Crippen molar-refractivity contribution in [3.63, 3.8) is 0 Å². The monoisotopic (exact) mass is 640 g/mol. The van der Waals surface area contributed by atoms with Crippen LogP contribution in [0.25, 0.3) is 26.9 Å². The van der Waals surface area contributed by atoms with E-state index in [9.17, 15) is 18.0 Å². The fourth-order valence-electron chi connectivity index (χ4n) is 4.57. The lowest BCUT2D eigenvalue weighted by Gasteiger charge is -2.25. The molecule has 1 aliphatic rings. The van der Waals surface area contributed by atoms with Gasteiger partial charge >= 0.3 is 12.1 Å². The number of aromatic nitrogens is 2. The van der Waals surface area contributed by atoms with Crippen LogP contribution in [-0.2, 0) is 16.0 Å². The van der Waals surface area contributed by atoms with Crippen molar-refractivity contribution in [1.82, 2.24) is 9.97 Å². The Balaban J connectivity index is 0.00000405. The molecule has 0 radical (unpaired) electrons. The van der Waals surface area contributed by atoms with Crippen LogP contribution in [0, 0.1) is 0 Å². The summed E-state index contributed by atoms with van der Waals surface area (Å²) < 4.78 is 55.0. The van der Waals surface area contributed by atoms with Gasteiger partial charge in [-0.15, -0.1) is 23.7 Å². The predicted octanol–water partition coefficient (Wildman–Crippen LogP) is 6.80. The van der Waals surface area contributed by atoms with Gasteiger partial charge in [0.15, 0.2) is 0 Å². The Kier molecular flexibility index (Phi) is 9.51. The number of carboxylic acids is 1. The summed E-state index contributed by atoms with van der Waals surface area (Å²) >= 11 is 7.29. The average Bonchev–Trinajstić information content (AvgIpc) is 3.36. The number of benzene rings is 2. The molecule has 0 fully saturated rings. The van der Waals surface area contributed by atoms with Gasteiger partial charge in [0, 0.05) is 21.5 Å². The van der Waals surface area contributed by atoms with Crippen LogP contribution in [0.15, 0.2) is 54.1 Å². The fourth-order valence-corrected chi connectivity index (χ4v) is 5.69. The van der Waals surface area contributed by atoms with E-state index < -0.39 is 24.3 Å². The van der Waals surface area contributed by atoms with Crippen LogP contribution in [0.2, 0.25) is 5.02 Å². The number of carboxylic acid groups (broad SMARTS) is 1. The van der Waals surface area contributed by atoms with Crippen molar-refractivity contribution in [3.05, 3.63) is 75.8 Å². The Morgan fingerprint density at radius 1 is 1.17 bits per heavy atom. The van der Waals surface area contributed by atoms with Crippen molar-refractivity contribution in [2.24, 2.45) is 5.73 Å². The first kappa shape index (κ1) is 31.4. The Labute approximate surface area is 253 Å². The van der Waals surface area contributed by atoms with Crippen LogP contribution < -0.4 is 16.2 Å². The minimum Gasteiger partial charge on any atom is -0.501 e. The molecular formula is C28H25Cl2F3N4O4S. The smallest absolute Gasteiger partial charge is 0.429 e. The van der Waals surface area contributed by atoms with Gasteiger partial charge in [0.05, 0.1) is 18.4 Å². The molecule has 0 amide bonds. The average molecular weight is 641 g/mol. The molecule has 8 nitrogen and oxygen atoms in total. The number of halogens is 5. The molecular weight excluding hydrogens is 616 g/mol. The lowest BCUT2D eigenvalue weighted by molar-refractivity contribution is -0.198. The molecule has 3 heterocycles. The molecule has 0 saturated carbocycles. The summed E-state index contributed by atoms with van der Waals surface area (Å²) in [6.07, 6.45) is -4.40. The van der Waals surface area contributed by atoms with Gasteiger partial charge in [-0.05, 0) is 53.7 Å². The first-order chi connectivity index (χ1) is 19.5. The van der Waals surface area contributed by atoms with Gasteiger partial charge in [-0.1, -0.05) is 41.9 Å². The third kappa shape index (κ3) is 6.73. The molecule has 2 aromatic heterocycles. The van der Waals surface area contributed by atoms with E-state index in [2.05, 4.69) is 9.97 Å². The van der Waals surface area contributed by atoms with E-state index in [4.69, 9.17) is 37.6 Å². The maximum atomic E-state index is 14.6. The van der Waals surface area contributed by atoms with E-state index in [-0.39, 0.29) is 51.5 Å². The quantitative estimate of drug-likeness (QED) is 0.191. The van der Waals surface area contributed by atoms with E-state index in [0.717, 1.165) is 11.3 Å². The molecule has 5 rings (SSSR count). The Hall–Kier alpha value is -3.58. The molecule has 0 unspecified atom stereocenters. The highest BCUT2D eigenvalue weighted by Crippen LogP contribution is 2.44. The lowest BCUT2D eigenvalue weighted by Crippen LogP contribution is -2.32. The highest BCUT2D eigenvalue weighted by molar-refractivity contribution is 7.18. The molecule has 2 aromatic carbocycles. The Morgan fingerprint density at radius 2 is 1.90 bits per heavy atom. The Bertz CT molecular complexity index is 1630. The number of hydrogen-bond donors (Lipinski definition) is 3. The zero-order valence-electron chi connectivity index (χ0n) is 21.7. The number of aliphatic carboxylic acids is 1. The number of nitrogens with two attached hydrogens (primary N) is 2. The van der Waals surface area contributed by atoms with Gasteiger partial charge in [0.2, 0.25) is 17.9 Å². The zero-order valence-corrected chi connectivity index (χ0v) is 24.1. The third-order valence-corrected chi connectivity index (χ3v) is 7.74. The summed E-state index contributed by atoms with van der Waals surface area (Å²) in [4.78, 5) is 19.4. The summed E-state index contributed by atoms with van der Waals surface area (Å²) in [7, 11) is 0. The minimum atomic E-state index is -4.81. The fraction of sp³-hybridized carbons (Fsp3) is 0.250. The molecule has 222 valence electrons. The summed E-state index contributed by atoms with van der Waals surface area (Å²) in [6, 6.07) is 10.1. The molecule has 0 bridgehead atoms. The van der Waals surface area contributed by atoms with Gasteiger partial charge in [0.1, 0.15) is 10.7 Å². The molecule has 14 heteroatoms. The number of alkyl halides is 3. The second kappa shape index (κ2) is 12.7. The van der Waals surface area contributed by atoms with Crippen LogP contribution in [0.1, 0.15) is 35.6 Å². The van der Waals surface area contributed by atoms with Crippen LogP contribution in [0.3, 0.4) is 0 Å². The summed E-state index contributed by atoms with van der Waals surface area (Å²) in [6.45, 7) is 0.482. The van der Waals surface area contributed by atoms with Crippen LogP contribution in [0.4, 0.5) is 19.1 Å². The van der Waals surface area contributed by atoms with Crippen LogP contribution >= 0.6 is 35.3 Å². The molecule has 5 N–H and O–H groups in total. The molecule has 0 aliphatic carbocycles. The summed E-state index contributed by atoms with van der Waals surface area (Å²) in [5.74, 6) is -1.66. The van der Waals surface area contributed by atoms with Crippen molar-refractivity contribution in [2.45, 2.75) is 37.6 Å². The predicted molar refractivity (Wildman–Crippen MR) is 158 cm³/mol. The highest BCUT2D eigenvalue weighted by atomic mass is 35.5. The largest absolute Gasteiger partial charge is 0.501 e. The Morgan fingerprint density at radius 3 is 2.55 bits per heavy atom. The maximum Gasteiger partial charge on any atom is 0.429 e. The van der Waals surface area contributed by atoms with Crippen molar-refractivity contribution in [2.75, 3.05) is 12.3 Å². The maximum absolute atomic E-state index is 14.6. The number of fused-ring (bicyclic) bond motifs is 1. The van der Waals surface area contributed by atoms with Gasteiger partial charge in [-0.2, -0.15) is 18.2 Å². The van der Waals surface area contributed by atoms with Gasteiger partial charge in [0.25, 0.3) is 0 Å². The second-order valence-electron chi connectivity index (χ2n) is 9.45. The summed E-state index contributed by atoms with van der Waals surface area (Å²) in [5, 5.41) is 11.1. The van der Waals surface area contributed by atoms with Gasteiger partial charge < -0.3 is 26.0 Å². The van der Waals surface area contributed by atoms with E-state index >= 15 is 0 Å². The molecule has 42 heavy (non-hydrogen) atoms. The number of nitrogens with zero attached hydrogens (tertiary/aromatic N) is 2. The molecule has 4 aromatic rings. The topological polar surface area (TPSA) is 134 Å². The number of allylic oxidation sites excluding steroid dienone is 1. The van der Waals surface area contributed by atoms with Crippen molar-refractivity contribution in [1.29, 1.82) is 0 Å². The number of ether oxygens (including phenoxy) is 2. The lowest BCUT2D eigenvalue weighted by atomic mass is 9.93. The van der Waals surface area contributed by atoms with Crippen molar-refractivity contribution >= 4 is 63.1 Å². The van der Waals surface area contributed by atoms with Crippen LogP contribution in [-0.4, -0.2) is 39.9 Å². The SMILES string of the molecule is Cl.Nc1nc(O[C@H](c2ccc(Cl)cc2C2=COCCC2)C(F)(F)F)c2scc(-c3ccc(C[C@H](N)C(=O)O)cc3)c2n1. The normalized spacial score (nSPS) is 14.8. The minimum absolute atomic E-state index is 0. The number of rotatable bonds is 8. The number of hydrogen-bond acceptors (Lipinski definition) is 8. The second-order valence-corrected chi connectivity index (χ2v) is 10.8. The van der Waals surface area contributed by atoms with E-state index in [0.29, 0.717) is 47.2 Å². The molecule has 1 aliphatic heterocycles. The standard InChI is InChI=1S/C28H24ClF3N4O4S.ClH/c29-17-7-8-18(19(11-17)16-2-1-9-39-12-16)24(28(30,31)32)40-25-23-22(35-27(34)36-25)20(13-41-23)15-5-3-14(4-6-15)10-21(33)26(37)38;/h3-8,11-13,21,24H,1-2,9-10,33H2,(H,37,38)(H2,34,35,36);1H/t21-,24+;/m0./s1. The first-order valence-corrected chi connectivity index (χ1v) is 13.7.